The summed E-state index contributed by atoms with van der Waals surface area (Å²) in [7, 11) is 1.67. The van der Waals surface area contributed by atoms with Crippen LogP contribution in [0.2, 0.25) is 0 Å². The number of hydrogen-bond acceptors (Lipinski definition) is 3. The SMILES string of the molecule is COCCNCC(C#N)c1ccccc1. The molecular formula is C12H16N2O. The van der Waals surface area contributed by atoms with E-state index < -0.39 is 0 Å². The fourth-order valence-electron chi connectivity index (χ4n) is 1.34. The number of nitrogens with zero attached hydrogens (tertiary/aromatic N) is 1. The number of benzene rings is 1. The molecule has 15 heavy (non-hydrogen) atoms. The molecule has 1 atom stereocenters. The molecule has 0 fully saturated rings. The lowest BCUT2D eigenvalue weighted by Crippen LogP contribution is -2.24. The van der Waals surface area contributed by atoms with Crippen molar-refractivity contribution < 1.29 is 4.74 Å². The van der Waals surface area contributed by atoms with Crippen LogP contribution in [-0.4, -0.2) is 26.8 Å². The van der Waals surface area contributed by atoms with Crippen molar-refractivity contribution in [2.75, 3.05) is 26.8 Å². The van der Waals surface area contributed by atoms with Gasteiger partial charge in [-0.05, 0) is 5.56 Å². The van der Waals surface area contributed by atoms with E-state index in [4.69, 9.17) is 10.00 Å². The van der Waals surface area contributed by atoms with Gasteiger partial charge in [-0.1, -0.05) is 30.3 Å². The lowest BCUT2D eigenvalue weighted by atomic mass is 10.0. The molecule has 0 radical (unpaired) electrons. The second-order valence-electron chi connectivity index (χ2n) is 3.29. The minimum absolute atomic E-state index is 0.0805. The molecule has 0 aliphatic heterocycles. The molecule has 3 heteroatoms. The fraction of sp³-hybridized carbons (Fsp3) is 0.417. The van der Waals surface area contributed by atoms with E-state index in [1.54, 1.807) is 7.11 Å². The van der Waals surface area contributed by atoms with Gasteiger partial charge in [-0.25, -0.2) is 0 Å². The summed E-state index contributed by atoms with van der Waals surface area (Å²) in [6, 6.07) is 12.1. The van der Waals surface area contributed by atoms with E-state index in [1.807, 2.05) is 30.3 Å². The highest BCUT2D eigenvalue weighted by Crippen LogP contribution is 2.12. The van der Waals surface area contributed by atoms with Gasteiger partial charge in [0.15, 0.2) is 0 Å². The molecule has 0 aromatic heterocycles. The first kappa shape index (κ1) is 11.7. The lowest BCUT2D eigenvalue weighted by Gasteiger charge is -2.10. The van der Waals surface area contributed by atoms with Crippen molar-refractivity contribution in [2.45, 2.75) is 5.92 Å². The molecule has 0 heterocycles. The number of ether oxygens (including phenoxy) is 1. The Morgan fingerprint density at radius 1 is 1.40 bits per heavy atom. The minimum Gasteiger partial charge on any atom is -0.383 e. The summed E-state index contributed by atoms with van der Waals surface area (Å²) in [6.07, 6.45) is 0. The van der Waals surface area contributed by atoms with Gasteiger partial charge < -0.3 is 10.1 Å². The summed E-state index contributed by atoms with van der Waals surface area (Å²) < 4.78 is 4.92. The third kappa shape index (κ3) is 4.11. The van der Waals surface area contributed by atoms with Crippen LogP contribution in [0.15, 0.2) is 30.3 Å². The number of hydrogen-bond donors (Lipinski definition) is 1. The topological polar surface area (TPSA) is 45.0 Å². The van der Waals surface area contributed by atoms with Crippen LogP contribution in [0.1, 0.15) is 11.5 Å². The van der Waals surface area contributed by atoms with Crippen LogP contribution < -0.4 is 5.32 Å². The first-order chi connectivity index (χ1) is 7.38. The maximum absolute atomic E-state index is 9.01. The van der Waals surface area contributed by atoms with Crippen LogP contribution in [0.5, 0.6) is 0 Å². The molecule has 1 N–H and O–H groups in total. The predicted molar refractivity (Wildman–Crippen MR) is 59.5 cm³/mol. The third-order valence-electron chi connectivity index (χ3n) is 2.19. The summed E-state index contributed by atoms with van der Waals surface area (Å²) >= 11 is 0. The Labute approximate surface area is 90.7 Å². The zero-order valence-corrected chi connectivity index (χ0v) is 8.94. The first-order valence-corrected chi connectivity index (χ1v) is 5.02. The molecule has 3 nitrogen and oxygen atoms in total. The largest absolute Gasteiger partial charge is 0.383 e. The molecule has 0 aliphatic rings. The predicted octanol–water partition coefficient (Wildman–Crippen LogP) is 1.53. The maximum Gasteiger partial charge on any atom is 0.0837 e. The van der Waals surface area contributed by atoms with Crippen LogP contribution >= 0.6 is 0 Å². The average molecular weight is 204 g/mol. The standard InChI is InChI=1S/C12H16N2O/c1-15-8-7-14-10-12(9-13)11-5-3-2-4-6-11/h2-6,12,14H,7-8,10H2,1H3. The smallest absolute Gasteiger partial charge is 0.0837 e. The van der Waals surface area contributed by atoms with Crippen LogP contribution in [0, 0.1) is 11.3 Å². The summed E-state index contributed by atoms with van der Waals surface area (Å²) in [6.45, 7) is 2.12. The number of methoxy groups -OCH3 is 1. The van der Waals surface area contributed by atoms with Gasteiger partial charge in [0, 0.05) is 20.2 Å². The molecule has 0 bridgehead atoms. The van der Waals surface area contributed by atoms with E-state index in [2.05, 4.69) is 11.4 Å². The molecule has 1 rings (SSSR count). The molecule has 0 amide bonds. The lowest BCUT2D eigenvalue weighted by molar-refractivity contribution is 0.199. The quantitative estimate of drug-likeness (QED) is 0.715. The Hall–Kier alpha value is -1.37. The Balaban J connectivity index is 2.41. The summed E-state index contributed by atoms with van der Waals surface area (Å²) in [5.41, 5.74) is 1.06. The second-order valence-corrected chi connectivity index (χ2v) is 3.29. The third-order valence-corrected chi connectivity index (χ3v) is 2.19. The van der Waals surface area contributed by atoms with Crippen LogP contribution in [0.25, 0.3) is 0 Å². The molecule has 1 aromatic rings. The van der Waals surface area contributed by atoms with Crippen LogP contribution in [0.3, 0.4) is 0 Å². The summed E-state index contributed by atoms with van der Waals surface area (Å²) in [5, 5.41) is 12.2. The van der Waals surface area contributed by atoms with Gasteiger partial charge in [0.25, 0.3) is 0 Å². The molecule has 1 aromatic carbocycles. The van der Waals surface area contributed by atoms with Crippen molar-refractivity contribution in [3.8, 4) is 6.07 Å². The van der Waals surface area contributed by atoms with Crippen molar-refractivity contribution in [3.05, 3.63) is 35.9 Å². The van der Waals surface area contributed by atoms with Crippen molar-refractivity contribution >= 4 is 0 Å². The maximum atomic E-state index is 9.01. The van der Waals surface area contributed by atoms with Gasteiger partial charge in [-0.15, -0.1) is 0 Å². The zero-order chi connectivity index (χ0) is 10.9. The number of rotatable bonds is 6. The normalized spacial score (nSPS) is 12.0. The molecule has 0 aliphatic carbocycles. The van der Waals surface area contributed by atoms with Gasteiger partial charge in [0.05, 0.1) is 18.6 Å². The zero-order valence-electron chi connectivity index (χ0n) is 8.94. The van der Waals surface area contributed by atoms with E-state index in [9.17, 15) is 0 Å². The monoisotopic (exact) mass is 204 g/mol. The van der Waals surface area contributed by atoms with Gasteiger partial charge >= 0.3 is 0 Å². The van der Waals surface area contributed by atoms with Crippen molar-refractivity contribution in [1.82, 2.24) is 5.32 Å². The molecule has 1 unspecified atom stereocenters. The van der Waals surface area contributed by atoms with Gasteiger partial charge in [0.1, 0.15) is 0 Å². The molecule has 0 spiro atoms. The number of nitriles is 1. The van der Waals surface area contributed by atoms with E-state index in [0.29, 0.717) is 13.2 Å². The molecule has 0 saturated heterocycles. The van der Waals surface area contributed by atoms with Crippen LogP contribution in [-0.2, 0) is 4.74 Å². The van der Waals surface area contributed by atoms with E-state index in [1.165, 1.54) is 0 Å². The van der Waals surface area contributed by atoms with Gasteiger partial charge in [-0.3, -0.25) is 0 Å². The molecular weight excluding hydrogens is 188 g/mol. The first-order valence-electron chi connectivity index (χ1n) is 5.02. The van der Waals surface area contributed by atoms with E-state index >= 15 is 0 Å². The molecule has 0 saturated carbocycles. The highest BCUT2D eigenvalue weighted by atomic mass is 16.5. The Morgan fingerprint density at radius 3 is 2.73 bits per heavy atom. The summed E-state index contributed by atoms with van der Waals surface area (Å²) in [5.74, 6) is -0.0805. The minimum atomic E-state index is -0.0805. The summed E-state index contributed by atoms with van der Waals surface area (Å²) in [4.78, 5) is 0. The highest BCUT2D eigenvalue weighted by molar-refractivity contribution is 5.24. The Kier molecular flexibility index (Phi) is 5.46. The van der Waals surface area contributed by atoms with E-state index in [0.717, 1.165) is 12.1 Å². The van der Waals surface area contributed by atoms with Gasteiger partial charge in [-0.2, -0.15) is 5.26 Å². The Morgan fingerprint density at radius 2 is 2.13 bits per heavy atom. The van der Waals surface area contributed by atoms with Gasteiger partial charge in [0.2, 0.25) is 0 Å². The fourth-order valence-corrected chi connectivity index (χ4v) is 1.34. The highest BCUT2D eigenvalue weighted by Gasteiger charge is 2.08. The van der Waals surface area contributed by atoms with Crippen LogP contribution in [0.4, 0.5) is 0 Å². The van der Waals surface area contributed by atoms with Crippen molar-refractivity contribution in [2.24, 2.45) is 0 Å². The van der Waals surface area contributed by atoms with Crippen molar-refractivity contribution in [3.63, 3.8) is 0 Å². The average Bonchev–Trinajstić information content (AvgIpc) is 2.30. The number of nitrogens with one attached hydrogen (secondary N) is 1. The second kappa shape index (κ2) is 6.99. The van der Waals surface area contributed by atoms with E-state index in [-0.39, 0.29) is 5.92 Å². The Bertz CT molecular complexity index is 305. The van der Waals surface area contributed by atoms with Crippen molar-refractivity contribution in [1.29, 1.82) is 5.26 Å². The molecule has 80 valence electrons.